The van der Waals surface area contributed by atoms with Crippen LogP contribution in [0.2, 0.25) is 5.02 Å². The third-order valence-electron chi connectivity index (χ3n) is 1.98. The molecule has 2 aromatic carbocycles. The van der Waals surface area contributed by atoms with E-state index in [0.29, 0.717) is 14.0 Å². The molecule has 14 heavy (non-hydrogen) atoms. The van der Waals surface area contributed by atoms with Gasteiger partial charge < -0.3 is 0 Å². The van der Waals surface area contributed by atoms with E-state index in [0.717, 1.165) is 9.86 Å². The predicted molar refractivity (Wildman–Crippen MR) is 69.3 cm³/mol. The van der Waals surface area contributed by atoms with Crippen LogP contribution in [0.1, 0.15) is 0 Å². The van der Waals surface area contributed by atoms with Gasteiger partial charge in [0.15, 0.2) is 0 Å². The molecule has 0 aromatic heterocycles. The molecule has 0 heterocycles. The molecule has 0 saturated heterocycles. The van der Waals surface area contributed by atoms with Crippen molar-refractivity contribution in [3.05, 3.63) is 43.1 Å². The third-order valence-corrected chi connectivity index (χ3v) is 4.74. The monoisotopic (exact) mass is 384 g/mol. The van der Waals surface area contributed by atoms with Crippen molar-refractivity contribution in [2.24, 2.45) is 0 Å². The van der Waals surface area contributed by atoms with Crippen LogP contribution in [0.3, 0.4) is 0 Å². The van der Waals surface area contributed by atoms with Crippen molar-refractivity contribution < 1.29 is 4.39 Å². The Morgan fingerprint density at radius 1 is 1.21 bits per heavy atom. The van der Waals surface area contributed by atoms with E-state index in [1.165, 1.54) is 0 Å². The molecule has 0 nitrogen and oxygen atoms in total. The summed E-state index contributed by atoms with van der Waals surface area (Å²) in [6.45, 7) is 0. The van der Waals surface area contributed by atoms with E-state index < -0.39 is 0 Å². The summed E-state index contributed by atoms with van der Waals surface area (Å²) in [5.74, 6) is -0.255. The number of fused-ring (bicyclic) bond motifs is 1. The standard InChI is InChI=1S/C10H4BrClFI/c11-7-5-3-1-2-4-6(5)9(13)10(14)8(7)12/h1-4H. The maximum absolute atomic E-state index is 13.7. The zero-order valence-corrected chi connectivity index (χ0v) is 11.3. The zero-order chi connectivity index (χ0) is 10.3. The van der Waals surface area contributed by atoms with E-state index in [9.17, 15) is 4.39 Å². The zero-order valence-electron chi connectivity index (χ0n) is 6.82. The molecule has 0 atom stereocenters. The van der Waals surface area contributed by atoms with Gasteiger partial charge in [0.2, 0.25) is 0 Å². The van der Waals surface area contributed by atoms with Gasteiger partial charge in [-0.3, -0.25) is 0 Å². The Hall–Kier alpha value is 0.130. The molecule has 0 N–H and O–H groups in total. The molecule has 72 valence electrons. The minimum absolute atomic E-state index is 0.255. The topological polar surface area (TPSA) is 0 Å². The van der Waals surface area contributed by atoms with Gasteiger partial charge in [0.1, 0.15) is 5.82 Å². The first-order chi connectivity index (χ1) is 6.63. The number of halogens is 4. The van der Waals surface area contributed by atoms with Crippen molar-refractivity contribution in [2.75, 3.05) is 0 Å². The lowest BCUT2D eigenvalue weighted by Crippen LogP contribution is -1.88. The summed E-state index contributed by atoms with van der Waals surface area (Å²) >= 11 is 11.2. The Balaban J connectivity index is 3.02. The van der Waals surface area contributed by atoms with Crippen LogP contribution in [-0.4, -0.2) is 0 Å². The van der Waals surface area contributed by atoms with Gasteiger partial charge in [-0.2, -0.15) is 0 Å². The molecule has 0 amide bonds. The number of hydrogen-bond donors (Lipinski definition) is 0. The first-order valence-corrected chi connectivity index (χ1v) is 6.08. The third kappa shape index (κ3) is 1.55. The van der Waals surface area contributed by atoms with Crippen molar-refractivity contribution in [3.8, 4) is 0 Å². The van der Waals surface area contributed by atoms with Gasteiger partial charge in [-0.25, -0.2) is 4.39 Å². The minimum Gasteiger partial charge on any atom is -0.205 e. The van der Waals surface area contributed by atoms with E-state index in [1.807, 2.05) is 40.8 Å². The maximum atomic E-state index is 13.7. The second-order valence-corrected chi connectivity index (χ2v) is 5.05. The van der Waals surface area contributed by atoms with Gasteiger partial charge in [-0.1, -0.05) is 35.9 Å². The number of hydrogen-bond acceptors (Lipinski definition) is 0. The molecule has 0 saturated carbocycles. The van der Waals surface area contributed by atoms with Crippen molar-refractivity contribution in [2.45, 2.75) is 0 Å². The van der Waals surface area contributed by atoms with Crippen molar-refractivity contribution >= 4 is 60.9 Å². The van der Waals surface area contributed by atoms with E-state index in [-0.39, 0.29) is 5.82 Å². The lowest BCUT2D eigenvalue weighted by molar-refractivity contribution is 0.632. The Morgan fingerprint density at radius 2 is 1.79 bits per heavy atom. The number of rotatable bonds is 0. The number of benzene rings is 2. The summed E-state index contributed by atoms with van der Waals surface area (Å²) in [4.78, 5) is 0. The van der Waals surface area contributed by atoms with Crippen LogP contribution in [0.4, 0.5) is 4.39 Å². The van der Waals surface area contributed by atoms with Crippen LogP contribution in [-0.2, 0) is 0 Å². The molecule has 0 aliphatic carbocycles. The van der Waals surface area contributed by atoms with Crippen LogP contribution in [0, 0.1) is 9.39 Å². The highest BCUT2D eigenvalue weighted by molar-refractivity contribution is 14.1. The smallest absolute Gasteiger partial charge is 0.145 e. The molecule has 2 aromatic rings. The average molecular weight is 385 g/mol. The predicted octanol–water partition coefficient (Wildman–Crippen LogP) is 5.00. The molecule has 0 unspecified atom stereocenters. The first kappa shape index (κ1) is 10.6. The summed E-state index contributed by atoms with van der Waals surface area (Å²) in [5, 5.41) is 1.82. The largest absolute Gasteiger partial charge is 0.205 e. The Morgan fingerprint density at radius 3 is 2.43 bits per heavy atom. The van der Waals surface area contributed by atoms with Gasteiger partial charge in [0, 0.05) is 15.2 Å². The fourth-order valence-corrected chi connectivity index (χ4v) is 2.95. The van der Waals surface area contributed by atoms with Crippen LogP contribution in [0.5, 0.6) is 0 Å². The molecular formula is C10H4BrClFI. The second kappa shape index (κ2) is 3.94. The van der Waals surface area contributed by atoms with E-state index in [1.54, 1.807) is 6.07 Å². The van der Waals surface area contributed by atoms with Gasteiger partial charge >= 0.3 is 0 Å². The van der Waals surface area contributed by atoms with Crippen molar-refractivity contribution in [1.29, 1.82) is 0 Å². The summed E-state index contributed by atoms with van der Waals surface area (Å²) in [6.07, 6.45) is 0. The van der Waals surface area contributed by atoms with Gasteiger partial charge in [-0.15, -0.1) is 0 Å². The fraction of sp³-hybridized carbons (Fsp3) is 0. The lowest BCUT2D eigenvalue weighted by Gasteiger charge is -2.06. The molecule has 2 rings (SSSR count). The highest BCUT2D eigenvalue weighted by Gasteiger charge is 2.14. The molecule has 0 fully saturated rings. The molecule has 0 bridgehead atoms. The Bertz CT molecular complexity index is 466. The summed E-state index contributed by atoms with van der Waals surface area (Å²) in [5.41, 5.74) is 0. The first-order valence-electron chi connectivity index (χ1n) is 3.83. The van der Waals surface area contributed by atoms with Crippen molar-refractivity contribution in [3.63, 3.8) is 0 Å². The van der Waals surface area contributed by atoms with Crippen molar-refractivity contribution in [1.82, 2.24) is 0 Å². The molecule has 0 aliphatic heterocycles. The highest BCUT2D eigenvalue weighted by atomic mass is 127. The fourth-order valence-electron chi connectivity index (χ4n) is 1.30. The van der Waals surface area contributed by atoms with Gasteiger partial charge in [0.05, 0.1) is 8.59 Å². The van der Waals surface area contributed by atoms with Crippen LogP contribution < -0.4 is 0 Å². The summed E-state index contributed by atoms with van der Waals surface area (Å²) in [7, 11) is 0. The Kier molecular flexibility index (Phi) is 3.00. The maximum Gasteiger partial charge on any atom is 0.145 e. The highest BCUT2D eigenvalue weighted by Crippen LogP contribution is 2.37. The molecule has 0 radical (unpaired) electrons. The van der Waals surface area contributed by atoms with E-state index >= 15 is 0 Å². The van der Waals surface area contributed by atoms with Crippen LogP contribution >= 0.6 is 50.1 Å². The minimum atomic E-state index is -0.255. The van der Waals surface area contributed by atoms with E-state index in [4.69, 9.17) is 11.6 Å². The van der Waals surface area contributed by atoms with Crippen LogP contribution in [0.25, 0.3) is 10.8 Å². The Labute approximate surface area is 108 Å². The SMILES string of the molecule is Fc1c(I)c(Cl)c(Br)c2ccccc12. The normalized spacial score (nSPS) is 10.9. The molecular weight excluding hydrogens is 381 g/mol. The summed E-state index contributed by atoms with van der Waals surface area (Å²) < 4.78 is 14.9. The van der Waals surface area contributed by atoms with Crippen LogP contribution in [0.15, 0.2) is 28.7 Å². The quantitative estimate of drug-likeness (QED) is 0.340. The average Bonchev–Trinajstić information content (AvgIpc) is 2.23. The molecule has 4 heteroatoms. The van der Waals surface area contributed by atoms with E-state index in [2.05, 4.69) is 15.9 Å². The molecule has 0 spiro atoms. The second-order valence-electron chi connectivity index (χ2n) is 2.80. The lowest BCUT2D eigenvalue weighted by atomic mass is 10.1. The van der Waals surface area contributed by atoms with Gasteiger partial charge in [-0.05, 0) is 38.5 Å². The van der Waals surface area contributed by atoms with Gasteiger partial charge in [0.25, 0.3) is 0 Å². The summed E-state index contributed by atoms with van der Waals surface area (Å²) in [6, 6.07) is 7.25. The molecule has 0 aliphatic rings.